The van der Waals surface area contributed by atoms with Crippen molar-refractivity contribution in [2.75, 3.05) is 47.5 Å². The Bertz CT molecular complexity index is 3740. The van der Waals surface area contributed by atoms with Crippen molar-refractivity contribution in [1.29, 1.82) is 0 Å². The quantitative estimate of drug-likeness (QED) is 0.0328. The number of fused-ring (bicyclic) bond motifs is 4. The molecule has 14 heteroatoms. The summed E-state index contributed by atoms with van der Waals surface area (Å²) in [6.07, 6.45) is 35.0. The van der Waals surface area contributed by atoms with Crippen LogP contribution in [0.3, 0.4) is 0 Å². The Labute approximate surface area is 560 Å². The van der Waals surface area contributed by atoms with Gasteiger partial charge in [0.1, 0.15) is 13.1 Å². The van der Waals surface area contributed by atoms with Gasteiger partial charge in [0.25, 0.3) is 0 Å². The minimum absolute atomic E-state index is 0.168. The molecule has 0 atom stereocenters. The smallest absolute Gasteiger partial charge is 0.209 e. The molecule has 92 heavy (non-hydrogen) atoms. The van der Waals surface area contributed by atoms with Crippen LogP contribution in [0.25, 0.3) is 0 Å². The fourth-order valence-corrected chi connectivity index (χ4v) is 17.1. The first-order chi connectivity index (χ1) is 43.8. The van der Waals surface area contributed by atoms with Crippen LogP contribution in [0.4, 0.5) is 22.7 Å². The third-order valence-electron chi connectivity index (χ3n) is 20.4. The van der Waals surface area contributed by atoms with Gasteiger partial charge in [0.2, 0.25) is 11.4 Å². The molecule has 0 saturated carbocycles. The monoisotopic (exact) mass is 1320 g/mol. The first-order valence-electron chi connectivity index (χ1n) is 33.9. The second-order valence-electron chi connectivity index (χ2n) is 28.3. The fraction of sp³-hybridized carbons (Fsp3) is 0.462. The van der Waals surface area contributed by atoms with E-state index in [0.717, 1.165) is 120 Å². The minimum Gasteiger partial charge on any atom is -0.748 e. The highest BCUT2D eigenvalue weighted by Crippen LogP contribution is 2.50. The lowest BCUT2D eigenvalue weighted by Gasteiger charge is -2.27. The maximum atomic E-state index is 11.4. The molecule has 0 saturated heterocycles. The largest absolute Gasteiger partial charge is 0.748 e. The van der Waals surface area contributed by atoms with Crippen molar-refractivity contribution in [1.82, 2.24) is 0 Å². The Balaban J connectivity index is 0.754. The van der Waals surface area contributed by atoms with E-state index in [2.05, 4.69) is 208 Å². The zero-order valence-corrected chi connectivity index (χ0v) is 58.8. The van der Waals surface area contributed by atoms with E-state index in [1.165, 1.54) is 83.6 Å². The maximum absolute atomic E-state index is 11.4. The van der Waals surface area contributed by atoms with Crippen LogP contribution in [0.15, 0.2) is 189 Å². The van der Waals surface area contributed by atoms with Gasteiger partial charge in [0.05, 0.1) is 31.1 Å². The number of hydrogen-bond donors (Lipinski definition) is 0. The lowest BCUT2D eigenvalue weighted by molar-refractivity contribution is -0.438. The normalized spacial score (nSPS) is 21.0. The van der Waals surface area contributed by atoms with Gasteiger partial charge in [0.15, 0.2) is 11.4 Å². The van der Waals surface area contributed by atoms with Crippen LogP contribution in [0.2, 0.25) is 0 Å². The Morgan fingerprint density at radius 3 is 1.15 bits per heavy atom. The third-order valence-corrected chi connectivity index (χ3v) is 23.0. The van der Waals surface area contributed by atoms with Gasteiger partial charge < -0.3 is 18.9 Å². The van der Waals surface area contributed by atoms with Crippen LogP contribution in [-0.4, -0.2) is 84.2 Å². The second-order valence-corrected chi connectivity index (χ2v) is 32.1. The average molecular weight is 1320 g/mol. The number of halogens is 2. The second kappa shape index (κ2) is 29.0. The molecule has 4 aromatic carbocycles. The van der Waals surface area contributed by atoms with Crippen molar-refractivity contribution in [3.8, 4) is 0 Å². The average Bonchev–Trinajstić information content (AvgIpc) is 1.63. The molecule has 0 spiro atoms. The van der Waals surface area contributed by atoms with Crippen LogP contribution in [0, 0.1) is 0 Å². The Hall–Kier alpha value is -5.86. The molecule has 0 radical (unpaired) electrons. The number of rotatable bonds is 27. The number of unbranched alkanes of at least 4 members (excludes halogenated alkanes) is 9. The summed E-state index contributed by atoms with van der Waals surface area (Å²) >= 11 is 14.7. The third kappa shape index (κ3) is 15.3. The summed E-state index contributed by atoms with van der Waals surface area (Å²) in [4.78, 5) is 4.59. The molecule has 4 aromatic rings. The number of allylic oxidation sites excluding steroid dienone is 16. The van der Waals surface area contributed by atoms with E-state index in [1.54, 1.807) is 0 Å². The number of nitrogens with zero attached hydrogens (tertiary/aromatic N) is 4. The number of anilines is 2. The molecule has 0 N–H and O–H groups in total. The fourth-order valence-electron chi connectivity index (χ4n) is 15.4. The van der Waals surface area contributed by atoms with Crippen molar-refractivity contribution in [2.24, 2.45) is 0 Å². The molecular weight excluding hydrogens is 1220 g/mol. The van der Waals surface area contributed by atoms with E-state index in [0.29, 0.717) is 38.8 Å². The Kier molecular flexibility index (Phi) is 21.8. The summed E-state index contributed by atoms with van der Waals surface area (Å²) in [7, 11) is -8.52. The predicted molar refractivity (Wildman–Crippen MR) is 381 cm³/mol. The summed E-state index contributed by atoms with van der Waals surface area (Å²) < 4.78 is 73.5. The SMILES string of the molecule is CC1(C)C(/C=C/C2=C(Cl)C(=C/C=C3/N(CCCCS(=O)(=O)[O-])c4ccccc4C3(C)C)/CCC2)=[N+](CCCCCCCCCC[N+]2=C(/C=C/C3=C(Cl)C(=C/C=C4/N(CCCCS(=O)(=O)[O-])c5ccccc5C4(C)C)/CCC3)C(C)(C)c3ccccc32)c2ccccc21. The first-order valence-corrected chi connectivity index (χ1v) is 37.8. The zero-order chi connectivity index (χ0) is 65.6. The van der Waals surface area contributed by atoms with E-state index in [4.69, 9.17) is 23.2 Å². The summed E-state index contributed by atoms with van der Waals surface area (Å²) in [5, 5.41) is 1.64. The molecule has 2 aliphatic carbocycles. The lowest BCUT2D eigenvalue weighted by atomic mass is 9.81. The van der Waals surface area contributed by atoms with Gasteiger partial charge in [-0.2, -0.15) is 9.15 Å². The van der Waals surface area contributed by atoms with Crippen LogP contribution in [-0.2, 0) is 41.9 Å². The Morgan fingerprint density at radius 2 is 0.772 bits per heavy atom. The maximum Gasteiger partial charge on any atom is 0.209 e. The van der Waals surface area contributed by atoms with E-state index in [1.807, 2.05) is 12.1 Å². The molecule has 0 aromatic heterocycles. The molecular formula is C78H96Cl2N4O6S2. The van der Waals surface area contributed by atoms with Gasteiger partial charge in [-0.05, 0) is 162 Å². The number of para-hydroxylation sites is 4. The van der Waals surface area contributed by atoms with Crippen LogP contribution >= 0.6 is 23.2 Å². The van der Waals surface area contributed by atoms with Crippen LogP contribution < -0.4 is 9.80 Å². The number of hydrogen-bond acceptors (Lipinski definition) is 8. The summed E-state index contributed by atoms with van der Waals surface area (Å²) in [5.74, 6) is -0.698. The minimum atomic E-state index is -4.26. The van der Waals surface area contributed by atoms with Crippen molar-refractivity contribution in [2.45, 2.75) is 193 Å². The highest BCUT2D eigenvalue weighted by molar-refractivity contribution is 7.85. The zero-order valence-electron chi connectivity index (χ0n) is 55.6. The summed E-state index contributed by atoms with van der Waals surface area (Å²) in [6.45, 7) is 21.5. The molecule has 4 heterocycles. The predicted octanol–water partition coefficient (Wildman–Crippen LogP) is 18.6. The van der Waals surface area contributed by atoms with Crippen molar-refractivity contribution >= 4 is 77.6 Å². The van der Waals surface area contributed by atoms with Gasteiger partial charge in [-0.15, -0.1) is 0 Å². The van der Waals surface area contributed by atoms with Crippen molar-refractivity contribution < 1.29 is 35.1 Å². The molecule has 6 aliphatic rings. The standard InChI is InChI=1S/C78H96Cl2N4O6S2/c1-75(2)61-35-15-19-39-65(61)81(69(75)47-43-57-31-29-33-59(73(57)79)45-49-71-77(5,6)63-37-17-21-41-67(63)83(71)53-25-27-55-91(85,86)87)51-23-13-11-9-10-12-14-24-52-82-66-40-20-16-36-62(66)76(3,4)70(82)48-44-58-32-30-34-60(74(58)80)46-50-72-78(7,8)64-38-18-22-42-68(64)84(72)54-26-28-56-92(88,89)90/h15-22,35-50H,9-14,23-34,51-56H2,1-8H3. The van der Waals surface area contributed by atoms with Gasteiger partial charge in [-0.3, -0.25) is 0 Å². The molecule has 0 fully saturated rings. The van der Waals surface area contributed by atoms with Gasteiger partial charge in [0, 0.05) is 117 Å². The Morgan fingerprint density at radius 1 is 0.424 bits per heavy atom. The van der Waals surface area contributed by atoms with E-state index < -0.39 is 20.2 Å². The van der Waals surface area contributed by atoms with Crippen LogP contribution in [0.1, 0.15) is 193 Å². The summed E-state index contributed by atoms with van der Waals surface area (Å²) in [5.41, 5.74) is 18.6. The molecule has 490 valence electrons. The lowest BCUT2D eigenvalue weighted by Crippen LogP contribution is -2.28. The molecule has 0 amide bonds. The van der Waals surface area contributed by atoms with Crippen LogP contribution in [0.5, 0.6) is 0 Å². The number of benzene rings is 4. The summed E-state index contributed by atoms with van der Waals surface area (Å²) in [6, 6.07) is 34.6. The van der Waals surface area contributed by atoms with Crippen molar-refractivity contribution in [3.63, 3.8) is 0 Å². The van der Waals surface area contributed by atoms with Gasteiger partial charge in [-0.25, -0.2) is 16.8 Å². The topological polar surface area (TPSA) is 127 Å². The molecule has 10 nitrogen and oxygen atoms in total. The molecule has 10 rings (SSSR count). The highest BCUT2D eigenvalue weighted by atomic mass is 35.5. The highest BCUT2D eigenvalue weighted by Gasteiger charge is 2.46. The van der Waals surface area contributed by atoms with E-state index in [-0.39, 0.29) is 33.2 Å². The van der Waals surface area contributed by atoms with E-state index >= 15 is 0 Å². The van der Waals surface area contributed by atoms with Gasteiger partial charge in [-0.1, -0.05) is 174 Å². The van der Waals surface area contributed by atoms with Crippen molar-refractivity contribution in [3.05, 3.63) is 212 Å². The first kappa shape index (κ1) is 69.0. The van der Waals surface area contributed by atoms with Gasteiger partial charge >= 0.3 is 0 Å². The van der Waals surface area contributed by atoms with E-state index in [9.17, 15) is 25.9 Å². The molecule has 0 bridgehead atoms. The molecule has 0 unspecified atom stereocenters. The molecule has 4 aliphatic heterocycles.